The van der Waals surface area contributed by atoms with E-state index in [4.69, 9.17) is 9.47 Å². The number of benzene rings is 1. The molecular formula is C21H28N4O3. The third kappa shape index (κ3) is 5.21. The minimum absolute atomic E-state index is 0.262. The summed E-state index contributed by atoms with van der Waals surface area (Å²) in [6.45, 7) is 8.63. The number of anilines is 1. The van der Waals surface area contributed by atoms with Gasteiger partial charge in [0.05, 0.1) is 32.6 Å². The molecule has 0 bridgehead atoms. The fourth-order valence-electron chi connectivity index (χ4n) is 3.30. The van der Waals surface area contributed by atoms with Crippen LogP contribution in [0.5, 0.6) is 5.75 Å². The summed E-state index contributed by atoms with van der Waals surface area (Å²) in [5, 5.41) is 5.71. The summed E-state index contributed by atoms with van der Waals surface area (Å²) in [7, 11) is 1.64. The van der Waals surface area contributed by atoms with Gasteiger partial charge in [-0.2, -0.15) is 0 Å². The number of hydrogen-bond acceptors (Lipinski definition) is 5. The van der Waals surface area contributed by atoms with E-state index in [1.807, 2.05) is 38.1 Å². The number of hydrogen-bond donors (Lipinski definition) is 2. The van der Waals surface area contributed by atoms with Gasteiger partial charge in [-0.3, -0.25) is 9.88 Å². The summed E-state index contributed by atoms with van der Waals surface area (Å²) < 4.78 is 10.8. The van der Waals surface area contributed by atoms with E-state index in [1.54, 1.807) is 13.3 Å². The molecule has 150 valence electrons. The highest BCUT2D eigenvalue weighted by atomic mass is 16.5. The van der Waals surface area contributed by atoms with Crippen LogP contribution in [-0.2, 0) is 17.8 Å². The van der Waals surface area contributed by atoms with Gasteiger partial charge in [-0.15, -0.1) is 0 Å². The molecule has 1 aliphatic rings. The van der Waals surface area contributed by atoms with E-state index in [9.17, 15) is 4.79 Å². The van der Waals surface area contributed by atoms with E-state index >= 15 is 0 Å². The van der Waals surface area contributed by atoms with Crippen molar-refractivity contribution in [3.8, 4) is 5.75 Å². The molecule has 2 N–H and O–H groups in total. The molecule has 2 amide bonds. The molecule has 2 heterocycles. The first-order valence-electron chi connectivity index (χ1n) is 9.50. The Morgan fingerprint density at radius 3 is 2.61 bits per heavy atom. The van der Waals surface area contributed by atoms with Crippen molar-refractivity contribution >= 4 is 11.7 Å². The molecule has 7 nitrogen and oxygen atoms in total. The lowest BCUT2D eigenvalue weighted by molar-refractivity contribution is 0.0342. The highest BCUT2D eigenvalue weighted by Crippen LogP contribution is 2.23. The number of aromatic nitrogens is 1. The fraction of sp³-hybridized carbons (Fsp3) is 0.429. The monoisotopic (exact) mass is 384 g/mol. The Kier molecular flexibility index (Phi) is 6.84. The normalized spacial score (nSPS) is 14.5. The molecule has 1 saturated heterocycles. The lowest BCUT2D eigenvalue weighted by Crippen LogP contribution is -2.35. The number of morpholine rings is 1. The van der Waals surface area contributed by atoms with Gasteiger partial charge in [0.2, 0.25) is 0 Å². The van der Waals surface area contributed by atoms with E-state index in [0.717, 1.165) is 61.1 Å². The minimum atomic E-state index is -0.262. The van der Waals surface area contributed by atoms with Crippen molar-refractivity contribution in [2.45, 2.75) is 26.9 Å². The van der Waals surface area contributed by atoms with Gasteiger partial charge in [-0.05, 0) is 31.5 Å². The zero-order chi connectivity index (χ0) is 19.9. The van der Waals surface area contributed by atoms with Gasteiger partial charge in [0.25, 0.3) is 0 Å². The number of pyridine rings is 1. The molecule has 0 saturated carbocycles. The molecule has 0 radical (unpaired) electrons. The Bertz CT molecular complexity index is 802. The van der Waals surface area contributed by atoms with Gasteiger partial charge in [-0.1, -0.05) is 12.1 Å². The molecule has 7 heteroatoms. The lowest BCUT2D eigenvalue weighted by atomic mass is 10.1. The van der Waals surface area contributed by atoms with Crippen LogP contribution in [0.3, 0.4) is 0 Å². The number of carbonyl (C=O) groups excluding carboxylic acids is 1. The second-order valence-corrected chi connectivity index (χ2v) is 6.94. The van der Waals surface area contributed by atoms with Gasteiger partial charge in [0.1, 0.15) is 5.75 Å². The van der Waals surface area contributed by atoms with Gasteiger partial charge < -0.3 is 20.1 Å². The SMILES string of the molecule is COc1c(C)cnc(CNC(=O)Nc2ccc(CN3CCOCC3)cc2)c1C. The molecular weight excluding hydrogens is 356 g/mol. The minimum Gasteiger partial charge on any atom is -0.496 e. The maximum atomic E-state index is 12.2. The number of amides is 2. The van der Waals surface area contributed by atoms with Crippen LogP contribution in [-0.4, -0.2) is 49.3 Å². The topological polar surface area (TPSA) is 75.7 Å². The van der Waals surface area contributed by atoms with Crippen LogP contribution in [0.4, 0.5) is 10.5 Å². The molecule has 1 aromatic carbocycles. The summed E-state index contributed by atoms with van der Waals surface area (Å²) in [5.41, 5.74) is 4.69. The molecule has 3 rings (SSSR count). The van der Waals surface area contributed by atoms with Crippen molar-refractivity contribution in [1.29, 1.82) is 0 Å². The van der Waals surface area contributed by atoms with Crippen LogP contribution in [0.25, 0.3) is 0 Å². The summed E-state index contributed by atoms with van der Waals surface area (Å²) >= 11 is 0. The van der Waals surface area contributed by atoms with E-state index < -0.39 is 0 Å². The third-order valence-corrected chi connectivity index (χ3v) is 4.89. The number of rotatable bonds is 6. The standard InChI is InChI=1S/C21H28N4O3/c1-15-12-22-19(16(2)20(15)27-3)13-23-21(26)24-18-6-4-17(5-7-18)14-25-8-10-28-11-9-25/h4-7,12H,8-11,13-14H2,1-3H3,(H2,23,24,26). The zero-order valence-electron chi connectivity index (χ0n) is 16.7. The van der Waals surface area contributed by atoms with E-state index in [-0.39, 0.29) is 6.03 Å². The van der Waals surface area contributed by atoms with Crippen molar-refractivity contribution < 1.29 is 14.3 Å². The first-order chi connectivity index (χ1) is 13.6. The summed E-state index contributed by atoms with van der Waals surface area (Å²) in [4.78, 5) is 19.0. The van der Waals surface area contributed by atoms with Gasteiger partial charge in [-0.25, -0.2) is 4.79 Å². The summed E-state index contributed by atoms with van der Waals surface area (Å²) in [6, 6.07) is 7.67. The smallest absolute Gasteiger partial charge is 0.319 e. The van der Waals surface area contributed by atoms with Crippen molar-refractivity contribution in [3.05, 3.63) is 52.8 Å². The van der Waals surface area contributed by atoms with Crippen LogP contribution in [0.2, 0.25) is 0 Å². The highest BCUT2D eigenvalue weighted by molar-refractivity contribution is 5.89. The Labute approximate surface area is 166 Å². The molecule has 1 aliphatic heterocycles. The van der Waals surface area contributed by atoms with Gasteiger partial charge in [0, 0.05) is 42.6 Å². The average molecular weight is 384 g/mol. The maximum Gasteiger partial charge on any atom is 0.319 e. The molecule has 28 heavy (non-hydrogen) atoms. The van der Waals surface area contributed by atoms with Crippen LogP contribution in [0, 0.1) is 13.8 Å². The number of methoxy groups -OCH3 is 1. The van der Waals surface area contributed by atoms with Crippen LogP contribution >= 0.6 is 0 Å². The molecule has 0 aliphatic carbocycles. The number of urea groups is 1. The lowest BCUT2D eigenvalue weighted by Gasteiger charge is -2.26. The molecule has 0 unspecified atom stereocenters. The zero-order valence-corrected chi connectivity index (χ0v) is 16.7. The van der Waals surface area contributed by atoms with Crippen molar-refractivity contribution in [2.24, 2.45) is 0 Å². The number of carbonyl (C=O) groups is 1. The second-order valence-electron chi connectivity index (χ2n) is 6.94. The van der Waals surface area contributed by atoms with Crippen molar-refractivity contribution in [1.82, 2.24) is 15.2 Å². The van der Waals surface area contributed by atoms with Crippen LogP contribution < -0.4 is 15.4 Å². The first kappa shape index (κ1) is 20.1. The van der Waals surface area contributed by atoms with Crippen molar-refractivity contribution in [2.75, 3.05) is 38.7 Å². The number of nitrogens with one attached hydrogen (secondary N) is 2. The quantitative estimate of drug-likeness (QED) is 0.801. The molecule has 1 aromatic heterocycles. The average Bonchev–Trinajstić information content (AvgIpc) is 2.70. The number of aryl methyl sites for hydroxylation is 1. The number of nitrogens with zero attached hydrogens (tertiary/aromatic N) is 2. The molecule has 2 aromatic rings. The number of ether oxygens (including phenoxy) is 2. The molecule has 0 atom stereocenters. The molecule has 1 fully saturated rings. The third-order valence-electron chi connectivity index (χ3n) is 4.89. The van der Waals surface area contributed by atoms with Crippen LogP contribution in [0.15, 0.2) is 30.5 Å². The highest BCUT2D eigenvalue weighted by Gasteiger charge is 2.12. The van der Waals surface area contributed by atoms with Gasteiger partial charge in [0.15, 0.2) is 0 Å². The van der Waals surface area contributed by atoms with Gasteiger partial charge >= 0.3 is 6.03 Å². The van der Waals surface area contributed by atoms with E-state index in [1.165, 1.54) is 5.56 Å². The predicted molar refractivity (Wildman–Crippen MR) is 109 cm³/mol. The summed E-state index contributed by atoms with van der Waals surface area (Å²) in [6.07, 6.45) is 1.76. The largest absolute Gasteiger partial charge is 0.496 e. The Hall–Kier alpha value is -2.64. The van der Waals surface area contributed by atoms with Crippen LogP contribution in [0.1, 0.15) is 22.4 Å². The Morgan fingerprint density at radius 2 is 1.93 bits per heavy atom. The molecule has 0 spiro atoms. The predicted octanol–water partition coefficient (Wildman–Crippen LogP) is 2.86. The Balaban J connectivity index is 1.51. The maximum absolute atomic E-state index is 12.2. The summed E-state index contributed by atoms with van der Waals surface area (Å²) in [5.74, 6) is 0.808. The fourth-order valence-corrected chi connectivity index (χ4v) is 3.30. The van der Waals surface area contributed by atoms with E-state index in [2.05, 4.69) is 20.5 Å². The Morgan fingerprint density at radius 1 is 1.21 bits per heavy atom. The second kappa shape index (κ2) is 9.52. The van der Waals surface area contributed by atoms with Crippen molar-refractivity contribution in [3.63, 3.8) is 0 Å². The van der Waals surface area contributed by atoms with E-state index in [0.29, 0.717) is 6.54 Å². The first-order valence-corrected chi connectivity index (χ1v) is 9.50.